The van der Waals surface area contributed by atoms with Crippen LogP contribution in [-0.4, -0.2) is 14.5 Å². The molecule has 1 aromatic carbocycles. The standard InChI is InChI=1S/C15H19FN2O2S/c1-3-11-4-7-15(10(11)2)18-21(19,20)13-5-6-14(16)12(8-13)9-17/h5-6,8,10-11,15,18H,3-4,7H2,1-2H3. The molecule has 1 fully saturated rings. The van der Waals surface area contributed by atoms with E-state index in [0.717, 1.165) is 31.4 Å². The number of nitrogens with zero attached hydrogens (tertiary/aromatic N) is 1. The van der Waals surface area contributed by atoms with Gasteiger partial charge in [-0.3, -0.25) is 0 Å². The predicted octanol–water partition coefficient (Wildman–Crippen LogP) is 2.80. The minimum Gasteiger partial charge on any atom is -0.208 e. The van der Waals surface area contributed by atoms with Gasteiger partial charge in [-0.25, -0.2) is 17.5 Å². The van der Waals surface area contributed by atoms with Crippen molar-refractivity contribution >= 4 is 10.0 Å². The van der Waals surface area contributed by atoms with Gasteiger partial charge in [-0.1, -0.05) is 20.3 Å². The molecular weight excluding hydrogens is 291 g/mol. The molecule has 2 rings (SSSR count). The summed E-state index contributed by atoms with van der Waals surface area (Å²) in [6.45, 7) is 4.16. The van der Waals surface area contributed by atoms with Crippen LogP contribution in [0.3, 0.4) is 0 Å². The van der Waals surface area contributed by atoms with E-state index in [0.29, 0.717) is 5.92 Å². The second-order valence-electron chi connectivity index (χ2n) is 5.59. The van der Waals surface area contributed by atoms with Gasteiger partial charge in [0.05, 0.1) is 10.5 Å². The van der Waals surface area contributed by atoms with Crippen LogP contribution in [0.15, 0.2) is 23.1 Å². The van der Waals surface area contributed by atoms with E-state index in [2.05, 4.69) is 18.6 Å². The molecule has 0 aromatic heterocycles. The molecule has 3 unspecified atom stereocenters. The summed E-state index contributed by atoms with van der Waals surface area (Å²) in [6.07, 6.45) is 2.86. The van der Waals surface area contributed by atoms with Crippen molar-refractivity contribution in [3.05, 3.63) is 29.6 Å². The van der Waals surface area contributed by atoms with Crippen LogP contribution < -0.4 is 4.72 Å². The van der Waals surface area contributed by atoms with Crippen molar-refractivity contribution in [1.82, 2.24) is 4.72 Å². The van der Waals surface area contributed by atoms with Gasteiger partial charge in [0.1, 0.15) is 11.9 Å². The first kappa shape index (κ1) is 15.9. The average molecular weight is 310 g/mol. The highest BCUT2D eigenvalue weighted by molar-refractivity contribution is 7.89. The van der Waals surface area contributed by atoms with E-state index in [1.807, 2.05) is 0 Å². The number of nitrogens with one attached hydrogen (secondary N) is 1. The molecule has 0 spiro atoms. The zero-order valence-corrected chi connectivity index (χ0v) is 13.0. The van der Waals surface area contributed by atoms with Gasteiger partial charge < -0.3 is 0 Å². The van der Waals surface area contributed by atoms with Gasteiger partial charge in [0.25, 0.3) is 0 Å². The molecule has 1 N–H and O–H groups in total. The molecule has 0 bridgehead atoms. The molecule has 0 aliphatic heterocycles. The Balaban J connectivity index is 2.22. The fraction of sp³-hybridized carbons (Fsp3) is 0.533. The largest absolute Gasteiger partial charge is 0.240 e. The maximum absolute atomic E-state index is 13.3. The van der Waals surface area contributed by atoms with Crippen LogP contribution in [0.4, 0.5) is 4.39 Å². The quantitative estimate of drug-likeness (QED) is 0.929. The number of rotatable bonds is 4. The number of sulfonamides is 1. The first-order chi connectivity index (χ1) is 9.89. The summed E-state index contributed by atoms with van der Waals surface area (Å²) in [7, 11) is -3.73. The van der Waals surface area contributed by atoms with Gasteiger partial charge in [-0.05, 0) is 42.9 Å². The van der Waals surface area contributed by atoms with Crippen LogP contribution in [0.5, 0.6) is 0 Å². The lowest BCUT2D eigenvalue weighted by Crippen LogP contribution is -2.37. The molecule has 1 saturated carbocycles. The maximum Gasteiger partial charge on any atom is 0.240 e. The topological polar surface area (TPSA) is 70.0 Å². The summed E-state index contributed by atoms with van der Waals surface area (Å²) in [5.41, 5.74) is -0.260. The maximum atomic E-state index is 13.3. The van der Waals surface area contributed by atoms with E-state index in [-0.39, 0.29) is 22.4 Å². The second-order valence-corrected chi connectivity index (χ2v) is 7.30. The molecule has 1 aliphatic rings. The molecule has 0 saturated heterocycles. The van der Waals surface area contributed by atoms with E-state index in [9.17, 15) is 12.8 Å². The van der Waals surface area contributed by atoms with Crippen LogP contribution >= 0.6 is 0 Å². The highest BCUT2D eigenvalue weighted by Crippen LogP contribution is 2.34. The second kappa shape index (κ2) is 6.12. The highest BCUT2D eigenvalue weighted by Gasteiger charge is 2.34. The zero-order valence-electron chi connectivity index (χ0n) is 12.1. The molecular formula is C15H19FN2O2S. The van der Waals surface area contributed by atoms with E-state index >= 15 is 0 Å². The number of nitriles is 1. The fourth-order valence-corrected chi connectivity index (χ4v) is 4.40. The minimum atomic E-state index is -3.73. The van der Waals surface area contributed by atoms with E-state index in [1.54, 1.807) is 6.07 Å². The Kier molecular flexibility index (Phi) is 4.64. The third kappa shape index (κ3) is 3.25. The Morgan fingerprint density at radius 1 is 1.43 bits per heavy atom. The van der Waals surface area contributed by atoms with Crippen LogP contribution in [0.2, 0.25) is 0 Å². The molecule has 4 nitrogen and oxygen atoms in total. The Hall–Kier alpha value is -1.45. The van der Waals surface area contributed by atoms with Crippen molar-refractivity contribution in [1.29, 1.82) is 5.26 Å². The molecule has 0 amide bonds. The number of hydrogen-bond acceptors (Lipinski definition) is 3. The first-order valence-electron chi connectivity index (χ1n) is 7.11. The molecule has 0 heterocycles. The predicted molar refractivity (Wildman–Crippen MR) is 77.4 cm³/mol. The van der Waals surface area contributed by atoms with Gasteiger partial charge >= 0.3 is 0 Å². The molecule has 6 heteroatoms. The van der Waals surface area contributed by atoms with Crippen LogP contribution in [0, 0.1) is 29.0 Å². The molecule has 3 atom stereocenters. The van der Waals surface area contributed by atoms with Crippen LogP contribution in [0.1, 0.15) is 38.7 Å². The Morgan fingerprint density at radius 2 is 2.14 bits per heavy atom. The third-order valence-corrected chi connectivity index (χ3v) is 5.91. The lowest BCUT2D eigenvalue weighted by atomic mass is 9.94. The fourth-order valence-electron chi connectivity index (χ4n) is 3.01. The van der Waals surface area contributed by atoms with E-state index < -0.39 is 15.8 Å². The average Bonchev–Trinajstić information content (AvgIpc) is 2.79. The van der Waals surface area contributed by atoms with Crippen molar-refractivity contribution in [3.8, 4) is 6.07 Å². The summed E-state index contributed by atoms with van der Waals surface area (Å²) >= 11 is 0. The van der Waals surface area contributed by atoms with E-state index in [4.69, 9.17) is 5.26 Å². The molecule has 21 heavy (non-hydrogen) atoms. The normalized spacial score (nSPS) is 25.7. The number of benzene rings is 1. The van der Waals surface area contributed by atoms with Crippen LogP contribution in [-0.2, 0) is 10.0 Å². The van der Waals surface area contributed by atoms with Crippen molar-refractivity contribution < 1.29 is 12.8 Å². The SMILES string of the molecule is CCC1CCC(NS(=O)(=O)c2ccc(F)c(C#N)c2)C1C. The molecule has 0 radical (unpaired) electrons. The summed E-state index contributed by atoms with van der Waals surface area (Å²) in [4.78, 5) is -0.0624. The smallest absolute Gasteiger partial charge is 0.208 e. The lowest BCUT2D eigenvalue weighted by Gasteiger charge is -2.21. The molecule has 1 aromatic rings. The van der Waals surface area contributed by atoms with Crippen molar-refractivity contribution in [2.45, 2.75) is 44.0 Å². The lowest BCUT2D eigenvalue weighted by molar-refractivity contribution is 0.368. The summed E-state index contributed by atoms with van der Waals surface area (Å²) in [5.74, 6) is 0.0954. The third-order valence-electron chi connectivity index (χ3n) is 4.43. The van der Waals surface area contributed by atoms with Crippen molar-refractivity contribution in [3.63, 3.8) is 0 Å². The number of hydrogen-bond donors (Lipinski definition) is 1. The molecule has 114 valence electrons. The van der Waals surface area contributed by atoms with Gasteiger partial charge in [0.15, 0.2) is 0 Å². The van der Waals surface area contributed by atoms with Crippen LogP contribution in [0.25, 0.3) is 0 Å². The minimum absolute atomic E-state index is 0.0624. The monoisotopic (exact) mass is 310 g/mol. The van der Waals surface area contributed by atoms with E-state index in [1.165, 1.54) is 6.07 Å². The zero-order chi connectivity index (χ0) is 15.6. The number of halogens is 1. The summed E-state index contributed by atoms with van der Waals surface area (Å²) in [5, 5.41) is 8.80. The van der Waals surface area contributed by atoms with Crippen molar-refractivity contribution in [2.24, 2.45) is 11.8 Å². The molecule has 1 aliphatic carbocycles. The van der Waals surface area contributed by atoms with Gasteiger partial charge in [0, 0.05) is 6.04 Å². The van der Waals surface area contributed by atoms with Gasteiger partial charge in [0.2, 0.25) is 10.0 Å². The highest BCUT2D eigenvalue weighted by atomic mass is 32.2. The Morgan fingerprint density at radius 3 is 2.71 bits per heavy atom. The summed E-state index contributed by atoms with van der Waals surface area (Å²) < 4.78 is 40.7. The Labute approximate surface area is 125 Å². The Bertz CT molecular complexity index is 667. The van der Waals surface area contributed by atoms with Gasteiger partial charge in [-0.15, -0.1) is 0 Å². The first-order valence-corrected chi connectivity index (χ1v) is 8.59. The summed E-state index contributed by atoms with van der Waals surface area (Å²) in [6, 6.07) is 4.84. The van der Waals surface area contributed by atoms with Gasteiger partial charge in [-0.2, -0.15) is 5.26 Å². The van der Waals surface area contributed by atoms with Crippen molar-refractivity contribution in [2.75, 3.05) is 0 Å².